The van der Waals surface area contributed by atoms with Crippen molar-refractivity contribution in [2.24, 2.45) is 11.3 Å². The summed E-state index contributed by atoms with van der Waals surface area (Å²) in [4.78, 5) is 11.7. The first-order chi connectivity index (χ1) is 6.19. The van der Waals surface area contributed by atoms with Crippen LogP contribution in [0.3, 0.4) is 0 Å². The predicted octanol–water partition coefficient (Wildman–Crippen LogP) is 2.07. The molecule has 1 aliphatic rings. The molecule has 1 fully saturated rings. The number of piperidine rings is 1. The van der Waals surface area contributed by atoms with Crippen LogP contribution in [0, 0.1) is 11.3 Å². The number of carbonyl (C=O) groups excluding carboxylic acids is 1. The number of amides is 1. The summed E-state index contributed by atoms with van der Waals surface area (Å²) in [6, 6.07) is 0. The van der Waals surface area contributed by atoms with Crippen LogP contribution in [-0.4, -0.2) is 5.91 Å². The Morgan fingerprint density at radius 3 is 2.75 bits per heavy atom. The van der Waals surface area contributed by atoms with Crippen molar-refractivity contribution in [2.75, 3.05) is 0 Å². The summed E-state index contributed by atoms with van der Waals surface area (Å²) in [6.07, 6.45) is -0.365. The molecule has 1 aliphatic heterocycles. The summed E-state index contributed by atoms with van der Waals surface area (Å²) >= 11 is 0. The summed E-state index contributed by atoms with van der Waals surface area (Å²) in [7, 11) is 0. The lowest BCUT2D eigenvalue weighted by atomic mass is 9.76. The van der Waals surface area contributed by atoms with Crippen LogP contribution in [0.25, 0.3) is 0 Å². The summed E-state index contributed by atoms with van der Waals surface area (Å²) in [5.41, 5.74) is 0.00613. The number of hydrogen-bond acceptors (Lipinski definition) is 1. The van der Waals surface area contributed by atoms with Gasteiger partial charge in [-0.2, -0.15) is 0 Å². The molecule has 0 aromatic carbocycles. The van der Waals surface area contributed by atoms with E-state index in [1.165, 1.54) is 0 Å². The molecular formula is C10H17NO. The highest BCUT2D eigenvalue weighted by Crippen LogP contribution is 2.33. The van der Waals surface area contributed by atoms with E-state index in [0.29, 0.717) is 12.1 Å². The Labute approximate surface area is 76.8 Å². The van der Waals surface area contributed by atoms with Gasteiger partial charge in [-0.15, -0.1) is 0 Å². The molecule has 2 nitrogen and oxygen atoms in total. The van der Waals surface area contributed by atoms with Gasteiger partial charge in [0.05, 0.1) is 0 Å². The predicted molar refractivity (Wildman–Crippen MR) is 49.5 cm³/mol. The van der Waals surface area contributed by atoms with Crippen molar-refractivity contribution in [3.63, 3.8) is 0 Å². The normalized spacial score (nSPS) is 40.1. The lowest BCUT2D eigenvalue weighted by molar-refractivity contribution is -0.129. The fourth-order valence-corrected chi connectivity index (χ4v) is 1.24. The monoisotopic (exact) mass is 169 g/mol. The van der Waals surface area contributed by atoms with Crippen LogP contribution in [-0.2, 0) is 4.79 Å². The average molecular weight is 169 g/mol. The van der Waals surface area contributed by atoms with Crippen LogP contribution in [0.1, 0.15) is 36.3 Å². The summed E-state index contributed by atoms with van der Waals surface area (Å²) < 4.78 is 16.0. The van der Waals surface area contributed by atoms with Crippen molar-refractivity contribution in [3.8, 4) is 0 Å². The fourth-order valence-electron chi connectivity index (χ4n) is 1.24. The zero-order chi connectivity index (χ0) is 11.1. The molecule has 2 heteroatoms. The highest BCUT2D eigenvalue weighted by Gasteiger charge is 2.33. The number of nitrogens with one attached hydrogen (secondary N) is 1. The maximum Gasteiger partial charge on any atom is 0.227 e. The second kappa shape index (κ2) is 2.92. The molecule has 0 radical (unpaired) electrons. The van der Waals surface area contributed by atoms with Crippen molar-refractivity contribution in [3.05, 3.63) is 12.3 Å². The molecule has 0 bridgehead atoms. The maximum atomic E-state index is 11.7. The van der Waals surface area contributed by atoms with Gasteiger partial charge < -0.3 is 5.32 Å². The first-order valence-corrected chi connectivity index (χ1v) is 4.11. The van der Waals surface area contributed by atoms with Crippen LogP contribution in [0.5, 0.6) is 0 Å². The van der Waals surface area contributed by atoms with Crippen LogP contribution in [0.2, 0.25) is 0 Å². The minimum absolute atomic E-state index is 0.368. The number of rotatable bonds is 0. The van der Waals surface area contributed by atoms with E-state index in [1.54, 1.807) is 0 Å². The average Bonchev–Trinajstić information content (AvgIpc) is 1.97. The molecule has 0 aromatic rings. The molecule has 2 atom stereocenters. The largest absolute Gasteiger partial charge is 0.330 e. The van der Waals surface area contributed by atoms with Crippen LogP contribution < -0.4 is 5.32 Å². The van der Waals surface area contributed by atoms with E-state index in [0.717, 1.165) is 0 Å². The quantitative estimate of drug-likeness (QED) is 0.591. The van der Waals surface area contributed by atoms with E-state index < -0.39 is 23.6 Å². The van der Waals surface area contributed by atoms with Gasteiger partial charge in [0.1, 0.15) is 0 Å². The standard InChI is InChI=1S/C10H17NO/c1-7-5-6-8(9(12)11-7)10(2,3)4/h8H,1,5-6H2,2-4H3,(H,11,12)/i6D,8D. The van der Waals surface area contributed by atoms with Gasteiger partial charge in [-0.1, -0.05) is 27.4 Å². The molecule has 0 aliphatic carbocycles. The molecule has 1 saturated heterocycles. The Bertz CT molecular complexity index is 282. The zero-order valence-electron chi connectivity index (χ0n) is 9.90. The van der Waals surface area contributed by atoms with Crippen molar-refractivity contribution in [2.45, 2.75) is 33.6 Å². The van der Waals surface area contributed by atoms with Gasteiger partial charge in [0.2, 0.25) is 5.91 Å². The molecule has 12 heavy (non-hydrogen) atoms. The fraction of sp³-hybridized carbons (Fsp3) is 0.700. The summed E-state index contributed by atoms with van der Waals surface area (Å²) in [5, 5.41) is 2.57. The van der Waals surface area contributed by atoms with Crippen LogP contribution in [0.4, 0.5) is 0 Å². The Morgan fingerprint density at radius 2 is 2.33 bits per heavy atom. The second-order valence-electron chi connectivity index (χ2n) is 4.13. The molecular weight excluding hydrogens is 150 g/mol. The molecule has 1 heterocycles. The van der Waals surface area contributed by atoms with E-state index in [9.17, 15) is 4.79 Å². The molecule has 1 rings (SSSR count). The minimum atomic E-state index is -1.38. The first kappa shape index (κ1) is 6.70. The van der Waals surface area contributed by atoms with E-state index in [-0.39, 0.29) is 0 Å². The number of allylic oxidation sites excluding steroid dienone is 1. The molecule has 0 aromatic heterocycles. The zero-order valence-corrected chi connectivity index (χ0v) is 7.90. The third-order valence-electron chi connectivity index (χ3n) is 1.90. The molecule has 68 valence electrons. The summed E-state index contributed by atoms with van der Waals surface area (Å²) in [5.74, 6) is -1.78. The SMILES string of the molecule is [2H]C1CC(=C)NC(=O)C1([2H])C(C)(C)C. The molecule has 1 amide bonds. The number of hydrogen-bond donors (Lipinski definition) is 1. The highest BCUT2D eigenvalue weighted by atomic mass is 16.2. The van der Waals surface area contributed by atoms with Crippen LogP contribution in [0.15, 0.2) is 12.3 Å². The Hall–Kier alpha value is -0.790. The van der Waals surface area contributed by atoms with Gasteiger partial charge in [-0.05, 0) is 18.2 Å². The van der Waals surface area contributed by atoms with E-state index in [2.05, 4.69) is 11.9 Å². The van der Waals surface area contributed by atoms with Gasteiger partial charge in [0, 0.05) is 14.3 Å². The minimum Gasteiger partial charge on any atom is -0.330 e. The molecule has 2 unspecified atom stereocenters. The molecule has 1 N–H and O–H groups in total. The third-order valence-corrected chi connectivity index (χ3v) is 1.90. The van der Waals surface area contributed by atoms with Gasteiger partial charge >= 0.3 is 0 Å². The van der Waals surface area contributed by atoms with Gasteiger partial charge in [-0.3, -0.25) is 4.79 Å². The van der Waals surface area contributed by atoms with Gasteiger partial charge in [-0.25, -0.2) is 0 Å². The third kappa shape index (κ3) is 1.87. The lowest BCUT2D eigenvalue weighted by Crippen LogP contribution is -2.41. The number of carbonyl (C=O) groups is 1. The van der Waals surface area contributed by atoms with Crippen molar-refractivity contribution in [1.29, 1.82) is 0 Å². The molecule has 0 saturated carbocycles. The van der Waals surface area contributed by atoms with Gasteiger partial charge in [0.15, 0.2) is 0 Å². The highest BCUT2D eigenvalue weighted by molar-refractivity contribution is 5.82. The maximum absolute atomic E-state index is 11.7. The van der Waals surface area contributed by atoms with Crippen molar-refractivity contribution < 1.29 is 7.54 Å². The molecule has 0 spiro atoms. The van der Waals surface area contributed by atoms with Crippen molar-refractivity contribution in [1.82, 2.24) is 5.32 Å². The van der Waals surface area contributed by atoms with E-state index >= 15 is 0 Å². The Morgan fingerprint density at radius 1 is 1.75 bits per heavy atom. The Kier molecular flexibility index (Phi) is 1.63. The van der Waals surface area contributed by atoms with Gasteiger partial charge in [0.25, 0.3) is 0 Å². The van der Waals surface area contributed by atoms with Crippen molar-refractivity contribution >= 4 is 5.91 Å². The van der Waals surface area contributed by atoms with Crippen LogP contribution >= 0.6 is 0 Å². The van der Waals surface area contributed by atoms with E-state index in [4.69, 9.17) is 2.74 Å². The smallest absolute Gasteiger partial charge is 0.227 e. The second-order valence-corrected chi connectivity index (χ2v) is 4.13. The summed E-state index contributed by atoms with van der Waals surface area (Å²) in [6.45, 7) is 9.07. The first-order valence-electron chi connectivity index (χ1n) is 5.19. The Balaban J connectivity index is 3.08. The lowest BCUT2D eigenvalue weighted by Gasteiger charge is -2.33. The van der Waals surface area contributed by atoms with E-state index in [1.807, 2.05) is 20.8 Å². The topological polar surface area (TPSA) is 29.1 Å².